The van der Waals surface area contributed by atoms with E-state index in [2.05, 4.69) is 0 Å². The first-order valence-corrected chi connectivity index (χ1v) is 11.6. The minimum Gasteiger partial charge on any atom is -0.443 e. The molecule has 2 N–H and O–H groups in total. The van der Waals surface area contributed by atoms with Gasteiger partial charge in [0.25, 0.3) is 0 Å². The second kappa shape index (κ2) is 7.91. The molecule has 0 aromatic heterocycles. The molecule has 0 radical (unpaired) electrons. The summed E-state index contributed by atoms with van der Waals surface area (Å²) >= 11 is 12.3. The lowest BCUT2D eigenvalue weighted by Gasteiger charge is -2.44. The summed E-state index contributed by atoms with van der Waals surface area (Å²) in [5, 5.41) is 0.512. The van der Waals surface area contributed by atoms with E-state index >= 15 is 8.78 Å². The van der Waals surface area contributed by atoms with Crippen molar-refractivity contribution >= 4 is 29.2 Å². The van der Waals surface area contributed by atoms with Crippen molar-refractivity contribution in [2.45, 2.75) is 70.3 Å². The molecule has 0 spiro atoms. The van der Waals surface area contributed by atoms with E-state index in [0.717, 1.165) is 0 Å². The molecule has 4 atom stereocenters. The van der Waals surface area contributed by atoms with Gasteiger partial charge >= 0.3 is 5.97 Å². The number of hydrogen-bond acceptors (Lipinski definition) is 4. The molecule has 0 aliphatic carbocycles. The molecular formula is C25H28Cl2F2N2O2. The summed E-state index contributed by atoms with van der Waals surface area (Å²) in [6, 6.07) is 6.94. The number of nitrogens with two attached hydrogens (primary N) is 1. The van der Waals surface area contributed by atoms with Crippen LogP contribution in [0.3, 0.4) is 0 Å². The Hall–Kier alpha value is -1.73. The van der Waals surface area contributed by atoms with Gasteiger partial charge < -0.3 is 10.5 Å². The molecule has 2 aliphatic rings. The lowest BCUT2D eigenvalue weighted by Crippen LogP contribution is -2.57. The fraction of sp³-hybridized carbons (Fsp3) is 0.480. The van der Waals surface area contributed by atoms with E-state index in [1.807, 2.05) is 25.7 Å². The maximum absolute atomic E-state index is 15.5. The van der Waals surface area contributed by atoms with Crippen molar-refractivity contribution < 1.29 is 18.3 Å². The summed E-state index contributed by atoms with van der Waals surface area (Å²) in [6.45, 7) is 9.67. The molecule has 4 nitrogen and oxygen atoms in total. The van der Waals surface area contributed by atoms with Crippen LogP contribution in [0.1, 0.15) is 58.1 Å². The largest absolute Gasteiger partial charge is 0.443 e. The number of ether oxygens (including phenoxy) is 1. The number of esters is 1. The average Bonchev–Trinajstić information content (AvgIpc) is 3.05. The smallest absolute Gasteiger partial charge is 0.325 e. The zero-order valence-corrected chi connectivity index (χ0v) is 20.8. The SMILES string of the molecule is CC(C)(C)C[C@@H]1N2[C@@H](C(=O)OC2(C)C)[C@H](c2cc(Cl)ccc2F)[C@@]1(N)c1ccc(Cl)cc1F. The topological polar surface area (TPSA) is 55.6 Å². The van der Waals surface area contributed by atoms with E-state index in [1.165, 1.54) is 30.3 Å². The van der Waals surface area contributed by atoms with Crippen LogP contribution in [0.2, 0.25) is 10.0 Å². The minimum absolute atomic E-state index is 0.153. The van der Waals surface area contributed by atoms with Gasteiger partial charge in [-0.15, -0.1) is 0 Å². The van der Waals surface area contributed by atoms with Gasteiger partial charge in [-0.25, -0.2) is 13.7 Å². The number of benzene rings is 2. The van der Waals surface area contributed by atoms with Crippen molar-refractivity contribution in [2.24, 2.45) is 11.1 Å². The maximum Gasteiger partial charge on any atom is 0.325 e. The summed E-state index contributed by atoms with van der Waals surface area (Å²) in [4.78, 5) is 15.1. The number of hydrogen-bond donors (Lipinski definition) is 1. The molecule has 2 heterocycles. The standard InChI is InChI=1S/C25H28Cl2F2N2O2/c1-23(2,3)12-19-25(30,16-8-6-14(27)11-18(16)29)20(15-10-13(26)7-9-17(15)28)21-22(32)33-24(4,5)31(19)21/h6-11,19-21H,12,30H2,1-5H3/t19-,20-,21+,25+/m0/s1. The second-order valence-corrected chi connectivity index (χ2v) is 11.6. The van der Waals surface area contributed by atoms with Crippen molar-refractivity contribution in [3.8, 4) is 0 Å². The van der Waals surface area contributed by atoms with Crippen LogP contribution in [0.4, 0.5) is 8.78 Å². The molecule has 178 valence electrons. The maximum atomic E-state index is 15.5. The van der Waals surface area contributed by atoms with Crippen LogP contribution in [-0.4, -0.2) is 28.7 Å². The van der Waals surface area contributed by atoms with Gasteiger partial charge in [-0.05, 0) is 61.6 Å². The predicted octanol–water partition coefficient (Wildman–Crippen LogP) is 5.99. The number of fused-ring (bicyclic) bond motifs is 1. The number of cyclic esters (lactones) is 1. The molecule has 33 heavy (non-hydrogen) atoms. The third kappa shape index (κ3) is 3.95. The highest BCUT2D eigenvalue weighted by Crippen LogP contribution is 2.58. The Labute approximate surface area is 203 Å². The van der Waals surface area contributed by atoms with Gasteiger partial charge in [0.15, 0.2) is 5.72 Å². The van der Waals surface area contributed by atoms with Crippen LogP contribution >= 0.6 is 23.2 Å². The molecular weight excluding hydrogens is 469 g/mol. The fourth-order valence-electron chi connectivity index (χ4n) is 5.59. The van der Waals surface area contributed by atoms with Gasteiger partial charge in [0, 0.05) is 27.6 Å². The molecule has 0 bridgehead atoms. The van der Waals surface area contributed by atoms with Gasteiger partial charge in [0.1, 0.15) is 17.7 Å². The normalized spacial score (nSPS) is 29.3. The van der Waals surface area contributed by atoms with E-state index in [-0.39, 0.29) is 21.6 Å². The highest BCUT2D eigenvalue weighted by atomic mass is 35.5. The number of carbonyl (C=O) groups is 1. The monoisotopic (exact) mass is 496 g/mol. The van der Waals surface area contributed by atoms with E-state index < -0.39 is 46.9 Å². The minimum atomic E-state index is -1.48. The van der Waals surface area contributed by atoms with Gasteiger partial charge in [-0.2, -0.15) is 0 Å². The third-order valence-corrected chi connectivity index (χ3v) is 7.20. The molecule has 2 fully saturated rings. The molecule has 0 saturated carbocycles. The third-order valence-electron chi connectivity index (χ3n) is 6.73. The van der Waals surface area contributed by atoms with Crippen LogP contribution in [0, 0.1) is 17.0 Å². The van der Waals surface area contributed by atoms with Gasteiger partial charge in [-0.1, -0.05) is 50.0 Å². The molecule has 4 rings (SSSR count). The Balaban J connectivity index is 2.06. The van der Waals surface area contributed by atoms with Gasteiger partial charge in [-0.3, -0.25) is 4.79 Å². The fourth-order valence-corrected chi connectivity index (χ4v) is 5.93. The van der Waals surface area contributed by atoms with Crippen molar-refractivity contribution in [3.05, 3.63) is 69.2 Å². The molecule has 2 aromatic carbocycles. The first-order valence-electron chi connectivity index (χ1n) is 10.9. The highest BCUT2D eigenvalue weighted by molar-refractivity contribution is 6.30. The van der Waals surface area contributed by atoms with E-state index in [0.29, 0.717) is 11.4 Å². The Morgan fingerprint density at radius 1 is 1.06 bits per heavy atom. The Morgan fingerprint density at radius 3 is 2.27 bits per heavy atom. The van der Waals surface area contributed by atoms with Crippen molar-refractivity contribution in [1.29, 1.82) is 0 Å². The number of halogens is 4. The van der Waals surface area contributed by atoms with E-state index in [4.69, 9.17) is 33.7 Å². The van der Waals surface area contributed by atoms with Crippen molar-refractivity contribution in [2.75, 3.05) is 0 Å². The summed E-state index contributed by atoms with van der Waals surface area (Å²) in [5.41, 5.74) is 4.79. The van der Waals surface area contributed by atoms with E-state index in [9.17, 15) is 4.79 Å². The molecule has 8 heteroatoms. The average molecular weight is 497 g/mol. The number of rotatable bonds is 3. The van der Waals surface area contributed by atoms with Crippen LogP contribution < -0.4 is 5.73 Å². The van der Waals surface area contributed by atoms with Crippen LogP contribution in [0.15, 0.2) is 36.4 Å². The molecule has 0 amide bonds. The number of carbonyl (C=O) groups excluding carboxylic acids is 1. The molecule has 0 unspecified atom stereocenters. The molecule has 2 saturated heterocycles. The van der Waals surface area contributed by atoms with Crippen LogP contribution in [0.5, 0.6) is 0 Å². The predicted molar refractivity (Wildman–Crippen MR) is 125 cm³/mol. The highest BCUT2D eigenvalue weighted by Gasteiger charge is 2.69. The number of nitrogens with zero attached hydrogens (tertiary/aromatic N) is 1. The van der Waals surface area contributed by atoms with Crippen molar-refractivity contribution in [3.63, 3.8) is 0 Å². The van der Waals surface area contributed by atoms with Crippen LogP contribution in [-0.2, 0) is 15.1 Å². The lowest BCUT2D eigenvalue weighted by molar-refractivity contribution is -0.152. The second-order valence-electron chi connectivity index (χ2n) is 10.7. The first kappa shape index (κ1) is 24.4. The summed E-state index contributed by atoms with van der Waals surface area (Å²) < 4.78 is 36.5. The van der Waals surface area contributed by atoms with E-state index in [1.54, 1.807) is 19.9 Å². The lowest BCUT2D eigenvalue weighted by atomic mass is 9.68. The van der Waals surface area contributed by atoms with Gasteiger partial charge in [0.05, 0.1) is 5.54 Å². The zero-order valence-electron chi connectivity index (χ0n) is 19.3. The Kier molecular flexibility index (Phi) is 5.85. The summed E-state index contributed by atoms with van der Waals surface area (Å²) in [7, 11) is 0. The Morgan fingerprint density at radius 2 is 1.67 bits per heavy atom. The molecule has 2 aromatic rings. The summed E-state index contributed by atoms with van der Waals surface area (Å²) in [5.74, 6) is -2.65. The molecule has 2 aliphatic heterocycles. The first-order chi connectivity index (χ1) is 15.2. The zero-order chi connectivity index (χ0) is 24.5. The van der Waals surface area contributed by atoms with Crippen LogP contribution in [0.25, 0.3) is 0 Å². The van der Waals surface area contributed by atoms with Gasteiger partial charge in [0.2, 0.25) is 0 Å². The van der Waals surface area contributed by atoms with Crippen molar-refractivity contribution in [1.82, 2.24) is 4.90 Å². The Bertz CT molecular complexity index is 1120. The quantitative estimate of drug-likeness (QED) is 0.530. The summed E-state index contributed by atoms with van der Waals surface area (Å²) in [6.07, 6.45) is 0.501.